The van der Waals surface area contributed by atoms with Gasteiger partial charge in [0.1, 0.15) is 0 Å². The summed E-state index contributed by atoms with van der Waals surface area (Å²) in [7, 11) is 0. The number of anilines is 1. The van der Waals surface area contributed by atoms with Crippen LogP contribution in [0.1, 0.15) is 5.56 Å². The summed E-state index contributed by atoms with van der Waals surface area (Å²) in [4.78, 5) is 26.1. The maximum absolute atomic E-state index is 12.4. The van der Waals surface area contributed by atoms with Crippen LogP contribution < -0.4 is 5.32 Å². The number of amides is 2. The van der Waals surface area contributed by atoms with Crippen molar-refractivity contribution in [2.24, 2.45) is 0 Å². The van der Waals surface area contributed by atoms with Gasteiger partial charge in [-0.3, -0.25) is 14.5 Å². The maximum atomic E-state index is 12.4. The van der Waals surface area contributed by atoms with Gasteiger partial charge in [-0.1, -0.05) is 42.5 Å². The fourth-order valence-electron chi connectivity index (χ4n) is 2.20. The highest BCUT2D eigenvalue weighted by Gasteiger charge is 2.34. The zero-order valence-corrected chi connectivity index (χ0v) is 16.2. The van der Waals surface area contributed by atoms with Gasteiger partial charge < -0.3 is 5.32 Å². The number of thioether (sulfide) groups is 1. The number of allylic oxidation sites excluding steroid dienone is 2. The first-order valence-corrected chi connectivity index (χ1v) is 9.49. The van der Waals surface area contributed by atoms with Crippen LogP contribution in [0.4, 0.5) is 10.5 Å². The Morgan fingerprint density at radius 3 is 2.48 bits per heavy atom. The molecule has 0 radical (unpaired) electrons. The number of carbonyl (C=O) groups is 2. The van der Waals surface area contributed by atoms with Crippen LogP contribution in [-0.4, -0.2) is 22.7 Å². The molecule has 1 fully saturated rings. The van der Waals surface area contributed by atoms with E-state index in [1.54, 1.807) is 12.2 Å². The Morgan fingerprint density at radius 1 is 1.04 bits per heavy atom. The normalized spacial score (nSPS) is 16.2. The zero-order valence-electron chi connectivity index (χ0n) is 13.2. The van der Waals surface area contributed by atoms with Crippen molar-refractivity contribution in [2.75, 3.05) is 12.0 Å². The molecule has 1 saturated heterocycles. The average Bonchev–Trinajstić information content (AvgIpc) is 2.89. The van der Waals surface area contributed by atoms with Gasteiger partial charge in [-0.15, -0.1) is 0 Å². The van der Waals surface area contributed by atoms with Crippen LogP contribution in [0.5, 0.6) is 0 Å². The SMILES string of the molecule is O=C1S/C(=C/C=C/c2ccccc2)C(=O)N1CNc1ccc(I)cc1. The third-order valence-corrected chi connectivity index (χ3v) is 5.14. The Balaban J connectivity index is 1.62. The van der Waals surface area contributed by atoms with Crippen molar-refractivity contribution in [1.29, 1.82) is 0 Å². The minimum absolute atomic E-state index is 0.158. The lowest BCUT2D eigenvalue weighted by atomic mass is 10.2. The van der Waals surface area contributed by atoms with Crippen molar-refractivity contribution in [3.8, 4) is 0 Å². The molecule has 1 heterocycles. The highest BCUT2D eigenvalue weighted by molar-refractivity contribution is 14.1. The van der Waals surface area contributed by atoms with E-state index in [0.29, 0.717) is 4.91 Å². The van der Waals surface area contributed by atoms with E-state index >= 15 is 0 Å². The van der Waals surface area contributed by atoms with Gasteiger partial charge in [-0.25, -0.2) is 0 Å². The molecule has 25 heavy (non-hydrogen) atoms. The molecule has 0 aromatic heterocycles. The maximum Gasteiger partial charge on any atom is 0.295 e. The molecule has 126 valence electrons. The standard InChI is InChI=1S/C19H15IN2O2S/c20-15-9-11-16(12-10-15)21-13-22-18(23)17(25-19(22)24)8-4-7-14-5-2-1-3-6-14/h1-12,21H,13H2/b7-4+,17-8+. The first-order valence-electron chi connectivity index (χ1n) is 7.60. The monoisotopic (exact) mass is 462 g/mol. The molecule has 0 saturated carbocycles. The van der Waals surface area contributed by atoms with Crippen molar-refractivity contribution >= 4 is 57.3 Å². The Hall–Kier alpha value is -2.06. The fraction of sp³-hybridized carbons (Fsp3) is 0.0526. The predicted molar refractivity (Wildman–Crippen MR) is 111 cm³/mol. The minimum atomic E-state index is -0.272. The highest BCUT2D eigenvalue weighted by Crippen LogP contribution is 2.30. The van der Waals surface area contributed by atoms with E-state index in [1.807, 2.05) is 60.7 Å². The molecule has 6 heteroatoms. The zero-order chi connectivity index (χ0) is 17.6. The number of hydrogen-bond donors (Lipinski definition) is 1. The van der Waals surface area contributed by atoms with E-state index < -0.39 is 0 Å². The van der Waals surface area contributed by atoms with Gasteiger partial charge in [0.15, 0.2) is 0 Å². The molecular formula is C19H15IN2O2S. The number of hydrogen-bond acceptors (Lipinski definition) is 4. The summed E-state index contributed by atoms with van der Waals surface area (Å²) < 4.78 is 1.13. The van der Waals surface area contributed by atoms with Gasteiger partial charge in [0.25, 0.3) is 11.1 Å². The molecule has 0 aliphatic carbocycles. The van der Waals surface area contributed by atoms with Gasteiger partial charge in [0.2, 0.25) is 0 Å². The number of nitrogens with one attached hydrogen (secondary N) is 1. The Labute approximate surface area is 164 Å². The molecule has 1 aliphatic rings. The van der Waals surface area contributed by atoms with Gasteiger partial charge in [-0.05, 0) is 70.3 Å². The van der Waals surface area contributed by atoms with Crippen molar-refractivity contribution in [1.82, 2.24) is 4.90 Å². The molecule has 1 N–H and O–H groups in total. The Kier molecular flexibility index (Phi) is 5.93. The summed E-state index contributed by atoms with van der Waals surface area (Å²) in [6.45, 7) is 0.158. The molecule has 0 bridgehead atoms. The predicted octanol–water partition coefficient (Wildman–Crippen LogP) is 4.95. The summed E-state index contributed by atoms with van der Waals surface area (Å²) in [6.07, 6.45) is 5.37. The number of imide groups is 1. The summed E-state index contributed by atoms with van der Waals surface area (Å²) in [5.41, 5.74) is 1.91. The van der Waals surface area contributed by atoms with Crippen LogP contribution in [0.25, 0.3) is 6.08 Å². The second-order valence-electron chi connectivity index (χ2n) is 5.24. The summed E-state index contributed by atoms with van der Waals surface area (Å²) >= 11 is 3.19. The van der Waals surface area contributed by atoms with Gasteiger partial charge in [-0.2, -0.15) is 0 Å². The number of nitrogens with zero attached hydrogens (tertiary/aromatic N) is 1. The quantitative estimate of drug-likeness (QED) is 0.505. The largest absolute Gasteiger partial charge is 0.367 e. The summed E-state index contributed by atoms with van der Waals surface area (Å²) in [6, 6.07) is 17.5. The fourth-order valence-corrected chi connectivity index (χ4v) is 3.35. The second-order valence-corrected chi connectivity index (χ2v) is 7.48. The van der Waals surface area contributed by atoms with Crippen molar-refractivity contribution < 1.29 is 9.59 Å². The number of carbonyl (C=O) groups excluding carboxylic acids is 2. The highest BCUT2D eigenvalue weighted by atomic mass is 127. The van der Waals surface area contributed by atoms with E-state index in [2.05, 4.69) is 27.9 Å². The van der Waals surface area contributed by atoms with Crippen LogP contribution >= 0.6 is 34.4 Å². The van der Waals surface area contributed by atoms with Crippen LogP contribution in [0.2, 0.25) is 0 Å². The third-order valence-electron chi connectivity index (χ3n) is 3.49. The summed E-state index contributed by atoms with van der Waals surface area (Å²) in [5, 5.41) is 2.84. The molecule has 2 aromatic carbocycles. The van der Waals surface area contributed by atoms with Crippen LogP contribution in [0, 0.1) is 3.57 Å². The molecule has 2 aromatic rings. The molecular weight excluding hydrogens is 447 g/mol. The lowest BCUT2D eigenvalue weighted by molar-refractivity contribution is -0.122. The molecule has 1 aliphatic heterocycles. The Morgan fingerprint density at radius 2 is 1.76 bits per heavy atom. The van der Waals surface area contributed by atoms with Gasteiger partial charge in [0, 0.05) is 9.26 Å². The minimum Gasteiger partial charge on any atom is -0.367 e. The molecule has 4 nitrogen and oxygen atoms in total. The van der Waals surface area contributed by atoms with E-state index in [4.69, 9.17) is 0 Å². The topological polar surface area (TPSA) is 49.4 Å². The lowest BCUT2D eigenvalue weighted by Crippen LogP contribution is -2.33. The number of benzene rings is 2. The van der Waals surface area contributed by atoms with Crippen molar-refractivity contribution in [3.63, 3.8) is 0 Å². The van der Waals surface area contributed by atoms with Crippen LogP contribution in [-0.2, 0) is 4.79 Å². The van der Waals surface area contributed by atoms with Gasteiger partial charge in [0.05, 0.1) is 11.6 Å². The van der Waals surface area contributed by atoms with Crippen molar-refractivity contribution in [3.05, 3.63) is 80.8 Å². The molecule has 0 spiro atoms. The van der Waals surface area contributed by atoms with E-state index in [1.165, 1.54) is 4.90 Å². The molecule has 3 rings (SSSR count). The first-order chi connectivity index (χ1) is 12.1. The van der Waals surface area contributed by atoms with E-state index in [-0.39, 0.29) is 17.8 Å². The second kappa shape index (κ2) is 8.35. The number of rotatable bonds is 5. The van der Waals surface area contributed by atoms with Crippen LogP contribution in [0.15, 0.2) is 71.7 Å². The number of halogens is 1. The molecule has 2 amide bonds. The van der Waals surface area contributed by atoms with Gasteiger partial charge >= 0.3 is 0 Å². The van der Waals surface area contributed by atoms with E-state index in [0.717, 1.165) is 26.6 Å². The summed E-state index contributed by atoms with van der Waals surface area (Å²) in [5.74, 6) is -0.272. The smallest absolute Gasteiger partial charge is 0.295 e. The van der Waals surface area contributed by atoms with Crippen LogP contribution in [0.3, 0.4) is 0 Å². The van der Waals surface area contributed by atoms with Crippen molar-refractivity contribution in [2.45, 2.75) is 0 Å². The molecule has 0 atom stereocenters. The first kappa shape index (κ1) is 17.8. The average molecular weight is 462 g/mol. The third kappa shape index (κ3) is 4.73. The Bertz CT molecular complexity index is 832. The van der Waals surface area contributed by atoms with E-state index in [9.17, 15) is 9.59 Å². The lowest BCUT2D eigenvalue weighted by Gasteiger charge is -2.14. The molecule has 0 unspecified atom stereocenters.